The van der Waals surface area contributed by atoms with Crippen LogP contribution in [0.2, 0.25) is 10.0 Å². The number of halogens is 3. The molecule has 1 heterocycles. The highest BCUT2D eigenvalue weighted by Crippen LogP contribution is 2.34. The summed E-state index contributed by atoms with van der Waals surface area (Å²) in [4.78, 5) is 38.3. The molecule has 0 spiro atoms. The molecule has 2 N–H and O–H groups in total. The highest BCUT2D eigenvalue weighted by Gasteiger charge is 2.50. The van der Waals surface area contributed by atoms with Gasteiger partial charge in [-0.3, -0.25) is 14.5 Å². The zero-order chi connectivity index (χ0) is 21.3. The first kappa shape index (κ1) is 21.1. The first-order chi connectivity index (χ1) is 13.6. The second-order valence-electron chi connectivity index (χ2n) is 6.93. The molecule has 2 aromatic carbocycles. The predicted molar refractivity (Wildman–Crippen MR) is 107 cm³/mol. The molecule has 1 atom stereocenters. The van der Waals surface area contributed by atoms with E-state index in [9.17, 15) is 18.8 Å². The van der Waals surface area contributed by atoms with Crippen LogP contribution >= 0.6 is 23.2 Å². The van der Waals surface area contributed by atoms with Crippen LogP contribution in [-0.4, -0.2) is 29.3 Å². The molecule has 0 saturated carbocycles. The summed E-state index contributed by atoms with van der Waals surface area (Å²) in [5, 5.41) is 5.77. The van der Waals surface area contributed by atoms with Crippen molar-refractivity contribution in [2.45, 2.75) is 25.9 Å². The van der Waals surface area contributed by atoms with E-state index in [4.69, 9.17) is 23.2 Å². The molecule has 1 fully saturated rings. The number of benzene rings is 2. The van der Waals surface area contributed by atoms with Crippen molar-refractivity contribution in [2.75, 3.05) is 6.54 Å². The number of nitrogens with zero attached hydrogens (tertiary/aromatic N) is 1. The van der Waals surface area contributed by atoms with Gasteiger partial charge in [-0.15, -0.1) is 0 Å². The van der Waals surface area contributed by atoms with Crippen LogP contribution in [0.3, 0.4) is 0 Å². The fourth-order valence-electron chi connectivity index (χ4n) is 3.06. The fourth-order valence-corrected chi connectivity index (χ4v) is 3.66. The van der Waals surface area contributed by atoms with Gasteiger partial charge < -0.3 is 10.6 Å². The van der Waals surface area contributed by atoms with E-state index in [-0.39, 0.29) is 17.4 Å². The minimum atomic E-state index is -1.42. The number of amides is 4. The minimum Gasteiger partial charge on any atom is -0.350 e. The molecule has 3 rings (SSSR count). The topological polar surface area (TPSA) is 78.5 Å². The number of aryl methyl sites for hydroxylation is 1. The zero-order valence-corrected chi connectivity index (χ0v) is 17.2. The molecule has 0 aliphatic carbocycles. The number of urea groups is 1. The summed E-state index contributed by atoms with van der Waals surface area (Å²) in [7, 11) is 0. The van der Waals surface area contributed by atoms with E-state index in [2.05, 4.69) is 10.6 Å². The SMILES string of the molecule is Cc1ccc(CNC(=O)CN2C(=O)NC(C)(c3ccc(Cl)cc3Cl)C2=O)cc1F. The number of hydrogen-bond acceptors (Lipinski definition) is 3. The van der Waals surface area contributed by atoms with E-state index in [0.29, 0.717) is 21.7 Å². The van der Waals surface area contributed by atoms with Crippen LogP contribution in [-0.2, 0) is 21.7 Å². The van der Waals surface area contributed by atoms with Gasteiger partial charge in [0.25, 0.3) is 5.91 Å². The Kier molecular flexibility index (Phi) is 5.82. The quantitative estimate of drug-likeness (QED) is 0.702. The van der Waals surface area contributed by atoms with Crippen molar-refractivity contribution in [2.24, 2.45) is 0 Å². The van der Waals surface area contributed by atoms with Gasteiger partial charge in [0.05, 0.1) is 0 Å². The second kappa shape index (κ2) is 8.00. The lowest BCUT2D eigenvalue weighted by Gasteiger charge is -2.23. The van der Waals surface area contributed by atoms with Gasteiger partial charge in [0.1, 0.15) is 17.9 Å². The number of nitrogens with one attached hydrogen (secondary N) is 2. The van der Waals surface area contributed by atoms with E-state index in [1.807, 2.05) is 0 Å². The summed E-state index contributed by atoms with van der Waals surface area (Å²) in [5.74, 6) is -1.54. The molecule has 152 valence electrons. The Morgan fingerprint density at radius 2 is 1.93 bits per heavy atom. The number of imide groups is 1. The average molecular weight is 438 g/mol. The van der Waals surface area contributed by atoms with E-state index >= 15 is 0 Å². The van der Waals surface area contributed by atoms with Crippen molar-refractivity contribution in [3.63, 3.8) is 0 Å². The third-order valence-corrected chi connectivity index (χ3v) is 5.32. The highest BCUT2D eigenvalue weighted by molar-refractivity contribution is 6.35. The highest BCUT2D eigenvalue weighted by atomic mass is 35.5. The molecule has 2 aromatic rings. The van der Waals surface area contributed by atoms with Crippen molar-refractivity contribution in [1.29, 1.82) is 0 Å². The van der Waals surface area contributed by atoms with Crippen LogP contribution in [0.5, 0.6) is 0 Å². The normalized spacial score (nSPS) is 18.7. The smallest absolute Gasteiger partial charge is 0.325 e. The second-order valence-corrected chi connectivity index (χ2v) is 7.77. The molecule has 1 unspecified atom stereocenters. The maximum Gasteiger partial charge on any atom is 0.325 e. The Morgan fingerprint density at radius 3 is 2.59 bits per heavy atom. The van der Waals surface area contributed by atoms with Crippen molar-refractivity contribution < 1.29 is 18.8 Å². The molecule has 1 saturated heterocycles. The largest absolute Gasteiger partial charge is 0.350 e. The Bertz CT molecular complexity index is 1010. The molecule has 0 radical (unpaired) electrons. The van der Waals surface area contributed by atoms with E-state index in [1.54, 1.807) is 31.2 Å². The standard InChI is InChI=1S/C20H18Cl2FN3O3/c1-11-3-4-12(7-16(11)23)9-24-17(27)10-26-18(28)20(2,25-19(26)29)14-6-5-13(21)8-15(14)22/h3-8H,9-10H2,1-2H3,(H,24,27)(H,25,29). The van der Waals surface area contributed by atoms with Crippen LogP contribution in [0.1, 0.15) is 23.6 Å². The Balaban J connectivity index is 1.69. The molecular weight excluding hydrogens is 420 g/mol. The number of hydrogen-bond donors (Lipinski definition) is 2. The third-order valence-electron chi connectivity index (χ3n) is 4.77. The predicted octanol–water partition coefficient (Wildman–Crippen LogP) is 3.52. The van der Waals surface area contributed by atoms with E-state index in [0.717, 1.165) is 4.90 Å². The lowest BCUT2D eigenvalue weighted by atomic mass is 9.92. The van der Waals surface area contributed by atoms with Crippen molar-refractivity contribution >= 4 is 41.0 Å². The van der Waals surface area contributed by atoms with Crippen LogP contribution in [0.25, 0.3) is 0 Å². The molecule has 1 aliphatic rings. The van der Waals surface area contributed by atoms with Crippen molar-refractivity contribution in [3.05, 3.63) is 69.0 Å². The summed E-state index contributed by atoms with van der Waals surface area (Å²) >= 11 is 12.1. The molecule has 6 nitrogen and oxygen atoms in total. The van der Waals surface area contributed by atoms with Crippen LogP contribution in [0, 0.1) is 12.7 Å². The summed E-state index contributed by atoms with van der Waals surface area (Å²) in [6.07, 6.45) is 0. The van der Waals surface area contributed by atoms with Gasteiger partial charge in [-0.1, -0.05) is 41.4 Å². The van der Waals surface area contributed by atoms with Crippen LogP contribution < -0.4 is 10.6 Å². The van der Waals surface area contributed by atoms with Gasteiger partial charge in [0.2, 0.25) is 5.91 Å². The first-order valence-electron chi connectivity index (χ1n) is 8.73. The minimum absolute atomic E-state index is 0.0694. The molecule has 29 heavy (non-hydrogen) atoms. The molecule has 1 aliphatic heterocycles. The van der Waals surface area contributed by atoms with Gasteiger partial charge >= 0.3 is 6.03 Å². The van der Waals surface area contributed by atoms with Gasteiger partial charge in [-0.05, 0) is 43.2 Å². The summed E-state index contributed by atoms with van der Waals surface area (Å²) in [6, 6.07) is 8.49. The van der Waals surface area contributed by atoms with E-state index in [1.165, 1.54) is 19.1 Å². The Hall–Kier alpha value is -2.64. The molecule has 9 heteroatoms. The van der Waals surface area contributed by atoms with Gasteiger partial charge in [-0.2, -0.15) is 0 Å². The number of rotatable bonds is 5. The van der Waals surface area contributed by atoms with Gasteiger partial charge in [-0.25, -0.2) is 9.18 Å². The number of carbonyl (C=O) groups is 3. The molecular formula is C20H18Cl2FN3O3. The first-order valence-corrected chi connectivity index (χ1v) is 9.49. The monoisotopic (exact) mass is 437 g/mol. The van der Waals surface area contributed by atoms with Gasteiger partial charge in [0.15, 0.2) is 0 Å². The lowest BCUT2D eigenvalue weighted by molar-refractivity contribution is -0.134. The van der Waals surface area contributed by atoms with Crippen LogP contribution in [0.15, 0.2) is 36.4 Å². The summed E-state index contributed by atoms with van der Waals surface area (Å²) < 4.78 is 13.6. The van der Waals surface area contributed by atoms with Gasteiger partial charge in [0, 0.05) is 22.2 Å². The van der Waals surface area contributed by atoms with Crippen molar-refractivity contribution in [3.8, 4) is 0 Å². The third kappa shape index (κ3) is 4.21. The Morgan fingerprint density at radius 1 is 1.21 bits per heavy atom. The maximum atomic E-state index is 13.6. The summed E-state index contributed by atoms with van der Waals surface area (Å²) in [6.45, 7) is 2.74. The Labute approximate surface area is 177 Å². The summed E-state index contributed by atoms with van der Waals surface area (Å²) in [5.41, 5.74) is 0.0232. The molecule has 0 bridgehead atoms. The molecule has 0 aromatic heterocycles. The average Bonchev–Trinajstić information content (AvgIpc) is 2.86. The maximum absolute atomic E-state index is 13.6. The zero-order valence-electron chi connectivity index (χ0n) is 15.7. The molecule has 4 amide bonds. The fraction of sp³-hybridized carbons (Fsp3) is 0.250. The number of carbonyl (C=O) groups excluding carboxylic acids is 3. The lowest BCUT2D eigenvalue weighted by Crippen LogP contribution is -2.43. The van der Waals surface area contributed by atoms with Crippen LogP contribution in [0.4, 0.5) is 9.18 Å². The van der Waals surface area contributed by atoms with E-state index < -0.39 is 29.9 Å². The van der Waals surface area contributed by atoms with Crippen molar-refractivity contribution in [1.82, 2.24) is 15.5 Å².